The molecule has 1 atom stereocenters. The predicted molar refractivity (Wildman–Crippen MR) is 94.2 cm³/mol. The topological polar surface area (TPSA) is 82.5 Å². The van der Waals surface area contributed by atoms with Crippen molar-refractivity contribution in [3.8, 4) is 5.75 Å². The van der Waals surface area contributed by atoms with Gasteiger partial charge in [-0.1, -0.05) is 18.2 Å². The third-order valence-corrected chi connectivity index (χ3v) is 4.88. The van der Waals surface area contributed by atoms with E-state index < -0.39 is 12.0 Å². The Hall–Kier alpha value is -3.09. The number of anilines is 1. The Morgan fingerprint density at radius 3 is 2.85 bits per heavy atom. The van der Waals surface area contributed by atoms with E-state index in [1.165, 1.54) is 13.3 Å². The molecule has 2 aromatic rings. The number of allylic oxidation sites excluding steroid dienone is 2. The molecule has 0 saturated heterocycles. The molecule has 1 aromatic heterocycles. The molecule has 4 rings (SSSR count). The first kappa shape index (κ1) is 16.4. The summed E-state index contributed by atoms with van der Waals surface area (Å²) in [6.45, 7) is 0. The smallest absolute Gasteiger partial charge is 0.343 e. The van der Waals surface area contributed by atoms with E-state index in [2.05, 4.69) is 10.4 Å². The second kappa shape index (κ2) is 6.33. The summed E-state index contributed by atoms with van der Waals surface area (Å²) in [6, 6.07) is 7.12. The van der Waals surface area contributed by atoms with Crippen LogP contribution in [0.3, 0.4) is 0 Å². The van der Waals surface area contributed by atoms with Gasteiger partial charge < -0.3 is 14.8 Å². The molecule has 7 heteroatoms. The average molecular weight is 353 g/mol. The first-order valence-corrected chi connectivity index (χ1v) is 8.47. The van der Waals surface area contributed by atoms with E-state index in [4.69, 9.17) is 9.47 Å². The Bertz CT molecular complexity index is 929. The molecule has 7 nitrogen and oxygen atoms in total. The molecule has 0 bridgehead atoms. The number of esters is 1. The van der Waals surface area contributed by atoms with E-state index in [1.54, 1.807) is 11.8 Å². The number of carbonyl (C=O) groups excluding carboxylic acids is 2. The van der Waals surface area contributed by atoms with Gasteiger partial charge in [-0.25, -0.2) is 9.48 Å². The van der Waals surface area contributed by atoms with Crippen LogP contribution in [0.15, 0.2) is 41.7 Å². The highest BCUT2D eigenvalue weighted by molar-refractivity contribution is 6.01. The highest BCUT2D eigenvalue weighted by atomic mass is 16.5. The highest BCUT2D eigenvalue weighted by Crippen LogP contribution is 2.43. The number of aromatic nitrogens is 2. The van der Waals surface area contributed by atoms with Crippen molar-refractivity contribution in [2.75, 3.05) is 19.5 Å². The summed E-state index contributed by atoms with van der Waals surface area (Å²) in [6.07, 6.45) is 3.51. The van der Waals surface area contributed by atoms with Crippen molar-refractivity contribution in [2.24, 2.45) is 0 Å². The minimum atomic E-state index is -0.469. The number of para-hydroxylation sites is 1. The van der Waals surface area contributed by atoms with Crippen LogP contribution in [0.4, 0.5) is 5.82 Å². The third kappa shape index (κ3) is 2.39. The second-order valence-electron chi connectivity index (χ2n) is 6.28. The van der Waals surface area contributed by atoms with Gasteiger partial charge in [0, 0.05) is 23.3 Å². The summed E-state index contributed by atoms with van der Waals surface area (Å²) in [7, 11) is 2.93. The van der Waals surface area contributed by atoms with Gasteiger partial charge in [0.1, 0.15) is 23.2 Å². The van der Waals surface area contributed by atoms with E-state index in [0.29, 0.717) is 29.1 Å². The zero-order valence-electron chi connectivity index (χ0n) is 14.6. The van der Waals surface area contributed by atoms with Crippen molar-refractivity contribution in [2.45, 2.75) is 25.3 Å². The standard InChI is InChI=1S/C19H19N3O4/c1-25-15-9-4-3-6-11(15)17-16-13(7-5-8-14(16)23)21-18-12(19(24)26-2)10-20-22(17)18/h3-4,6,9-10,17,21H,5,7-8H2,1-2H3. The van der Waals surface area contributed by atoms with Crippen LogP contribution < -0.4 is 10.1 Å². The van der Waals surface area contributed by atoms with Crippen molar-refractivity contribution in [1.29, 1.82) is 0 Å². The molecule has 0 saturated carbocycles. The summed E-state index contributed by atoms with van der Waals surface area (Å²) in [5.74, 6) is 0.839. The monoisotopic (exact) mass is 353 g/mol. The molecule has 1 N–H and O–H groups in total. The number of ether oxygens (including phenoxy) is 2. The van der Waals surface area contributed by atoms with Crippen LogP contribution in [0.1, 0.15) is 41.2 Å². The summed E-state index contributed by atoms with van der Waals surface area (Å²) in [5, 5.41) is 7.64. The highest BCUT2D eigenvalue weighted by Gasteiger charge is 2.38. The molecule has 26 heavy (non-hydrogen) atoms. The van der Waals surface area contributed by atoms with Gasteiger partial charge in [0.15, 0.2) is 5.78 Å². The summed E-state index contributed by atoms with van der Waals surface area (Å²) in [5.41, 5.74) is 2.71. The Kier molecular flexibility index (Phi) is 3.99. The molecular weight excluding hydrogens is 334 g/mol. The number of nitrogens with one attached hydrogen (secondary N) is 1. The lowest BCUT2D eigenvalue weighted by Crippen LogP contribution is -2.32. The average Bonchev–Trinajstić information content (AvgIpc) is 3.09. The van der Waals surface area contributed by atoms with Crippen LogP contribution >= 0.6 is 0 Å². The molecule has 0 radical (unpaired) electrons. The van der Waals surface area contributed by atoms with Gasteiger partial charge in [0.2, 0.25) is 0 Å². The maximum atomic E-state index is 12.7. The van der Waals surface area contributed by atoms with Crippen LogP contribution in [0.2, 0.25) is 0 Å². The van der Waals surface area contributed by atoms with Crippen LogP contribution in [-0.2, 0) is 9.53 Å². The molecule has 0 amide bonds. The molecule has 134 valence electrons. The first-order chi connectivity index (χ1) is 12.7. The molecule has 2 aliphatic rings. The fourth-order valence-corrected chi connectivity index (χ4v) is 3.70. The van der Waals surface area contributed by atoms with Crippen molar-refractivity contribution in [1.82, 2.24) is 9.78 Å². The van der Waals surface area contributed by atoms with E-state index in [-0.39, 0.29) is 5.78 Å². The van der Waals surface area contributed by atoms with E-state index in [0.717, 1.165) is 24.1 Å². The first-order valence-electron chi connectivity index (χ1n) is 8.47. The van der Waals surface area contributed by atoms with Gasteiger partial charge in [-0.2, -0.15) is 5.10 Å². The summed E-state index contributed by atoms with van der Waals surface area (Å²) >= 11 is 0. The van der Waals surface area contributed by atoms with Gasteiger partial charge in [0.25, 0.3) is 0 Å². The number of benzene rings is 1. The fourth-order valence-electron chi connectivity index (χ4n) is 3.70. The zero-order valence-corrected chi connectivity index (χ0v) is 14.6. The second-order valence-corrected chi connectivity index (χ2v) is 6.28. The number of rotatable bonds is 3. The SMILES string of the molecule is COC(=O)c1cnn2c1NC1=C(C(=O)CCC1)C2c1ccccc1OC. The van der Waals surface area contributed by atoms with Crippen LogP contribution in [0.25, 0.3) is 0 Å². The molecule has 1 aliphatic carbocycles. The number of nitrogens with zero attached hydrogens (tertiary/aromatic N) is 2. The summed E-state index contributed by atoms with van der Waals surface area (Å²) < 4.78 is 12.1. The molecule has 0 fully saturated rings. The van der Waals surface area contributed by atoms with Gasteiger partial charge in [0.05, 0.1) is 20.4 Å². The maximum absolute atomic E-state index is 12.7. The molecule has 0 spiro atoms. The van der Waals surface area contributed by atoms with Crippen LogP contribution in [0.5, 0.6) is 5.75 Å². The minimum Gasteiger partial charge on any atom is -0.496 e. The normalized spacial score (nSPS) is 18.7. The fraction of sp³-hybridized carbons (Fsp3) is 0.316. The molecule has 1 unspecified atom stereocenters. The van der Waals surface area contributed by atoms with E-state index >= 15 is 0 Å². The predicted octanol–water partition coefficient (Wildman–Crippen LogP) is 2.70. The molecule has 1 aromatic carbocycles. The van der Waals surface area contributed by atoms with E-state index in [1.807, 2.05) is 24.3 Å². The van der Waals surface area contributed by atoms with Crippen molar-refractivity contribution in [3.63, 3.8) is 0 Å². The lowest BCUT2D eigenvalue weighted by atomic mass is 9.85. The number of carbonyl (C=O) groups is 2. The van der Waals surface area contributed by atoms with Crippen molar-refractivity contribution in [3.05, 3.63) is 52.9 Å². The maximum Gasteiger partial charge on any atom is 0.343 e. The Morgan fingerprint density at radius 1 is 1.27 bits per heavy atom. The lowest BCUT2D eigenvalue weighted by molar-refractivity contribution is -0.116. The van der Waals surface area contributed by atoms with E-state index in [9.17, 15) is 9.59 Å². The number of Topliss-reactive ketones (excluding diaryl/α,β-unsaturated/α-hetero) is 1. The van der Waals surface area contributed by atoms with Gasteiger partial charge >= 0.3 is 5.97 Å². The minimum absolute atomic E-state index is 0.0930. The Morgan fingerprint density at radius 2 is 2.08 bits per heavy atom. The quantitative estimate of drug-likeness (QED) is 0.855. The molecular formula is C19H19N3O4. The van der Waals surface area contributed by atoms with Crippen molar-refractivity contribution >= 4 is 17.6 Å². The van der Waals surface area contributed by atoms with Crippen LogP contribution in [0, 0.1) is 0 Å². The molecule has 1 aliphatic heterocycles. The van der Waals surface area contributed by atoms with Gasteiger partial charge in [-0.15, -0.1) is 0 Å². The van der Waals surface area contributed by atoms with Gasteiger partial charge in [-0.3, -0.25) is 4.79 Å². The number of methoxy groups -OCH3 is 2. The van der Waals surface area contributed by atoms with Crippen LogP contribution in [-0.4, -0.2) is 35.8 Å². The largest absolute Gasteiger partial charge is 0.496 e. The Labute approximate surface area is 150 Å². The zero-order chi connectivity index (χ0) is 18.3. The van der Waals surface area contributed by atoms with Gasteiger partial charge in [-0.05, 0) is 18.9 Å². The third-order valence-electron chi connectivity index (χ3n) is 4.88. The Balaban J connectivity index is 1.95. The van der Waals surface area contributed by atoms with Crippen molar-refractivity contribution < 1.29 is 19.1 Å². The number of hydrogen-bond donors (Lipinski definition) is 1. The molecule has 2 heterocycles. The number of hydrogen-bond acceptors (Lipinski definition) is 6. The summed E-state index contributed by atoms with van der Waals surface area (Å²) in [4.78, 5) is 24.9. The lowest BCUT2D eigenvalue weighted by Gasteiger charge is -2.33. The number of ketones is 1. The number of fused-ring (bicyclic) bond motifs is 1.